The highest BCUT2D eigenvalue weighted by Crippen LogP contribution is 2.37. The summed E-state index contributed by atoms with van der Waals surface area (Å²) in [5, 5.41) is 1.94. The maximum atomic E-state index is 14.4. The van der Waals surface area contributed by atoms with Crippen LogP contribution in [0.25, 0.3) is 0 Å². The van der Waals surface area contributed by atoms with Gasteiger partial charge < -0.3 is 5.32 Å². The van der Waals surface area contributed by atoms with Gasteiger partial charge in [0, 0.05) is 10.6 Å². The highest BCUT2D eigenvalue weighted by atomic mass is 35.5. The second kappa shape index (κ2) is 8.75. The van der Waals surface area contributed by atoms with E-state index in [1.54, 1.807) is 4.72 Å². The van der Waals surface area contributed by atoms with Gasteiger partial charge in [-0.2, -0.15) is 13.2 Å². The summed E-state index contributed by atoms with van der Waals surface area (Å²) in [5.41, 5.74) is -2.49. The molecule has 2 N–H and O–H groups in total. The molecule has 3 rings (SSSR count). The fraction of sp³-hybridized carbons (Fsp3) is 0.0500. The quantitative estimate of drug-likeness (QED) is 0.451. The Labute approximate surface area is 183 Å². The number of hydrogen-bond acceptors (Lipinski definition) is 3. The van der Waals surface area contributed by atoms with E-state index in [-0.39, 0.29) is 16.3 Å². The highest BCUT2D eigenvalue weighted by Gasteiger charge is 2.35. The molecule has 0 heterocycles. The van der Waals surface area contributed by atoms with Crippen molar-refractivity contribution in [1.29, 1.82) is 0 Å². The van der Waals surface area contributed by atoms with Crippen LogP contribution in [0.15, 0.2) is 65.6 Å². The van der Waals surface area contributed by atoms with Crippen molar-refractivity contribution in [3.05, 3.63) is 88.4 Å². The summed E-state index contributed by atoms with van der Waals surface area (Å²) in [6.45, 7) is 0. The van der Waals surface area contributed by atoms with E-state index >= 15 is 0 Å². The van der Waals surface area contributed by atoms with E-state index in [0.29, 0.717) is 12.1 Å². The van der Waals surface area contributed by atoms with Crippen LogP contribution in [-0.4, -0.2) is 14.3 Å². The van der Waals surface area contributed by atoms with Gasteiger partial charge in [0.25, 0.3) is 15.9 Å². The Morgan fingerprint density at radius 1 is 0.875 bits per heavy atom. The third kappa shape index (κ3) is 5.35. The summed E-state index contributed by atoms with van der Waals surface area (Å²) in [5.74, 6) is -2.52. The number of carbonyl (C=O) groups excluding carboxylic acids is 1. The van der Waals surface area contributed by atoms with E-state index in [4.69, 9.17) is 11.6 Å². The molecule has 0 spiro atoms. The summed E-state index contributed by atoms with van der Waals surface area (Å²) in [7, 11) is -4.62. The number of rotatable bonds is 5. The van der Waals surface area contributed by atoms with E-state index in [1.165, 1.54) is 0 Å². The molecule has 0 aliphatic carbocycles. The van der Waals surface area contributed by atoms with Gasteiger partial charge in [-0.05, 0) is 60.7 Å². The number of nitrogens with one attached hydrogen (secondary N) is 2. The van der Waals surface area contributed by atoms with Crippen molar-refractivity contribution in [2.45, 2.75) is 11.1 Å². The second-order valence-electron chi connectivity index (χ2n) is 6.40. The number of halogens is 6. The molecule has 0 atom stereocenters. The first-order valence-corrected chi connectivity index (χ1v) is 10.5. The Morgan fingerprint density at radius 2 is 1.50 bits per heavy atom. The lowest BCUT2D eigenvalue weighted by Gasteiger charge is -2.15. The Kier molecular flexibility index (Phi) is 6.42. The molecule has 32 heavy (non-hydrogen) atoms. The predicted octanol–water partition coefficient (Wildman–Crippen LogP) is 5.69. The Bertz CT molecular complexity index is 1280. The lowest BCUT2D eigenvalue weighted by molar-refractivity contribution is -0.136. The second-order valence-corrected chi connectivity index (χ2v) is 8.51. The SMILES string of the molecule is O=C(Nc1ccc(S(=O)(=O)Nc2ccc(Cl)cc2C(F)(F)F)cc1F)c1ccc(F)cc1. The van der Waals surface area contributed by atoms with E-state index in [2.05, 4.69) is 5.32 Å². The monoisotopic (exact) mass is 490 g/mol. The summed E-state index contributed by atoms with van der Waals surface area (Å²) >= 11 is 5.56. The van der Waals surface area contributed by atoms with Gasteiger partial charge in [-0.15, -0.1) is 0 Å². The molecule has 168 valence electrons. The molecule has 5 nitrogen and oxygen atoms in total. The van der Waals surface area contributed by atoms with Gasteiger partial charge in [-0.3, -0.25) is 9.52 Å². The number of hydrogen-bond donors (Lipinski definition) is 2. The third-order valence-corrected chi connectivity index (χ3v) is 5.74. The standard InChI is InChI=1S/C20H12ClF5N2O3S/c21-12-3-7-17(15(9-12)20(24,25)26)28-32(30,31)14-6-8-18(16(23)10-14)27-19(29)11-1-4-13(22)5-2-11/h1-10,28H,(H,27,29). The van der Waals surface area contributed by atoms with Gasteiger partial charge in [0.05, 0.1) is 21.8 Å². The zero-order valence-corrected chi connectivity index (χ0v) is 17.2. The maximum Gasteiger partial charge on any atom is 0.418 e. The number of sulfonamides is 1. The molecule has 0 saturated heterocycles. The first kappa shape index (κ1) is 23.5. The maximum absolute atomic E-state index is 14.4. The van der Waals surface area contributed by atoms with E-state index in [1.807, 2.05) is 0 Å². The minimum absolute atomic E-state index is 0.0200. The van der Waals surface area contributed by atoms with Crippen molar-refractivity contribution >= 4 is 38.9 Å². The number of anilines is 2. The number of alkyl halides is 3. The Hall–Kier alpha value is -3.18. The smallest absolute Gasteiger partial charge is 0.319 e. The van der Waals surface area contributed by atoms with Crippen molar-refractivity contribution in [1.82, 2.24) is 0 Å². The lowest BCUT2D eigenvalue weighted by Crippen LogP contribution is -2.18. The molecule has 0 aromatic heterocycles. The Balaban J connectivity index is 1.85. The van der Waals surface area contributed by atoms with Gasteiger partial charge >= 0.3 is 6.18 Å². The molecule has 0 unspecified atom stereocenters. The summed E-state index contributed by atoms with van der Waals surface area (Å²) in [6.07, 6.45) is -4.90. The minimum Gasteiger partial charge on any atom is -0.319 e. The molecular weight excluding hydrogens is 479 g/mol. The van der Waals surface area contributed by atoms with Crippen LogP contribution < -0.4 is 10.0 Å². The first-order chi connectivity index (χ1) is 14.9. The van der Waals surface area contributed by atoms with Crippen molar-refractivity contribution in [2.24, 2.45) is 0 Å². The van der Waals surface area contributed by atoms with Gasteiger partial charge in [-0.1, -0.05) is 11.6 Å². The molecule has 3 aromatic rings. The zero-order chi connectivity index (χ0) is 23.7. The van der Waals surface area contributed by atoms with Crippen molar-refractivity contribution < 1.29 is 35.2 Å². The normalized spacial score (nSPS) is 11.8. The first-order valence-electron chi connectivity index (χ1n) is 8.63. The number of carbonyl (C=O) groups is 1. The molecule has 0 aliphatic rings. The molecule has 0 radical (unpaired) electrons. The molecule has 0 fully saturated rings. The van der Waals surface area contributed by atoms with Crippen LogP contribution >= 0.6 is 11.6 Å². The fourth-order valence-electron chi connectivity index (χ4n) is 2.60. The molecular formula is C20H12ClF5N2O3S. The van der Waals surface area contributed by atoms with Gasteiger partial charge in [0.1, 0.15) is 11.6 Å². The molecule has 1 amide bonds. The molecule has 12 heteroatoms. The predicted molar refractivity (Wildman–Crippen MR) is 108 cm³/mol. The molecule has 0 saturated carbocycles. The van der Waals surface area contributed by atoms with Crippen LogP contribution in [0.5, 0.6) is 0 Å². The van der Waals surface area contributed by atoms with E-state index in [0.717, 1.165) is 48.5 Å². The number of benzene rings is 3. The van der Waals surface area contributed by atoms with Crippen LogP contribution in [0.3, 0.4) is 0 Å². The highest BCUT2D eigenvalue weighted by molar-refractivity contribution is 7.92. The van der Waals surface area contributed by atoms with Crippen LogP contribution in [0.4, 0.5) is 33.3 Å². The van der Waals surface area contributed by atoms with Gasteiger partial charge in [0.2, 0.25) is 0 Å². The van der Waals surface area contributed by atoms with Crippen LogP contribution in [0.1, 0.15) is 15.9 Å². The molecule has 3 aromatic carbocycles. The van der Waals surface area contributed by atoms with Crippen LogP contribution in [-0.2, 0) is 16.2 Å². The topological polar surface area (TPSA) is 75.3 Å². The van der Waals surface area contributed by atoms with E-state index in [9.17, 15) is 35.2 Å². The zero-order valence-electron chi connectivity index (χ0n) is 15.7. The van der Waals surface area contributed by atoms with E-state index < -0.39 is 49.9 Å². The summed E-state index contributed by atoms with van der Waals surface area (Å²) in [6, 6.07) is 9.18. The van der Waals surface area contributed by atoms with Gasteiger partial charge in [0.15, 0.2) is 0 Å². The molecule has 0 bridgehead atoms. The average molecular weight is 491 g/mol. The minimum atomic E-state index is -4.90. The third-order valence-electron chi connectivity index (χ3n) is 4.14. The van der Waals surface area contributed by atoms with Gasteiger partial charge in [-0.25, -0.2) is 17.2 Å². The van der Waals surface area contributed by atoms with Crippen LogP contribution in [0, 0.1) is 11.6 Å². The largest absolute Gasteiger partial charge is 0.418 e. The number of amides is 1. The lowest BCUT2D eigenvalue weighted by atomic mass is 10.2. The van der Waals surface area contributed by atoms with Crippen molar-refractivity contribution in [3.8, 4) is 0 Å². The van der Waals surface area contributed by atoms with Crippen LogP contribution in [0.2, 0.25) is 5.02 Å². The Morgan fingerprint density at radius 3 is 2.09 bits per heavy atom. The summed E-state index contributed by atoms with van der Waals surface area (Å²) in [4.78, 5) is 11.4. The van der Waals surface area contributed by atoms with Crippen molar-refractivity contribution in [3.63, 3.8) is 0 Å². The van der Waals surface area contributed by atoms with Crippen molar-refractivity contribution in [2.75, 3.05) is 10.0 Å². The average Bonchev–Trinajstić information content (AvgIpc) is 2.70. The summed E-state index contributed by atoms with van der Waals surface area (Å²) < 4.78 is 93.7. The molecule has 0 aliphatic heterocycles. The fourth-order valence-corrected chi connectivity index (χ4v) is 3.87.